The highest BCUT2D eigenvalue weighted by Crippen LogP contribution is 2.29. The van der Waals surface area contributed by atoms with Gasteiger partial charge in [-0.3, -0.25) is 4.79 Å². The normalized spacial score (nSPS) is 20.5. The molecule has 3 N–H and O–H groups in total. The van der Waals surface area contributed by atoms with E-state index < -0.39 is 0 Å². The van der Waals surface area contributed by atoms with E-state index in [-0.39, 0.29) is 18.0 Å². The van der Waals surface area contributed by atoms with Crippen LogP contribution in [-0.2, 0) is 0 Å². The molecule has 25 heavy (non-hydrogen) atoms. The van der Waals surface area contributed by atoms with Gasteiger partial charge in [0.15, 0.2) is 5.82 Å². The fourth-order valence-electron chi connectivity index (χ4n) is 3.09. The molecule has 3 aromatic heterocycles. The van der Waals surface area contributed by atoms with E-state index in [2.05, 4.69) is 20.3 Å². The van der Waals surface area contributed by atoms with E-state index in [1.54, 1.807) is 29.9 Å². The van der Waals surface area contributed by atoms with Crippen molar-refractivity contribution in [2.75, 3.05) is 0 Å². The Hall–Kier alpha value is -2.38. The van der Waals surface area contributed by atoms with Crippen molar-refractivity contribution in [3.05, 3.63) is 42.4 Å². The standard InChI is InChI=1S/C18H19N5OS/c19-13-3-5-14(6-4-13)23-17(24)12-9-21-16(22-10-12)15-8-11-2-1-7-20-18(11)25-15/h1-2,7-10,13-14H,3-6,19H2,(H,23,24). The molecule has 0 radical (unpaired) electrons. The molecule has 1 aliphatic rings. The number of nitrogens with zero attached hydrogens (tertiary/aromatic N) is 3. The number of pyridine rings is 1. The fourth-order valence-corrected chi connectivity index (χ4v) is 4.04. The third-order valence-corrected chi connectivity index (χ3v) is 5.59. The lowest BCUT2D eigenvalue weighted by Gasteiger charge is -2.26. The van der Waals surface area contributed by atoms with Gasteiger partial charge >= 0.3 is 0 Å². The molecule has 7 heteroatoms. The average molecular weight is 353 g/mol. The SMILES string of the molecule is NC1CCC(NC(=O)c2cnc(-c3cc4cccnc4s3)nc2)CC1. The van der Waals surface area contributed by atoms with Crippen molar-refractivity contribution in [3.8, 4) is 10.7 Å². The van der Waals surface area contributed by atoms with Crippen molar-refractivity contribution in [3.63, 3.8) is 0 Å². The molecule has 128 valence electrons. The van der Waals surface area contributed by atoms with Crippen molar-refractivity contribution in [1.29, 1.82) is 0 Å². The van der Waals surface area contributed by atoms with E-state index >= 15 is 0 Å². The Labute approximate surface area is 149 Å². The minimum Gasteiger partial charge on any atom is -0.349 e. The van der Waals surface area contributed by atoms with Crippen LogP contribution in [0.3, 0.4) is 0 Å². The number of carbonyl (C=O) groups is 1. The van der Waals surface area contributed by atoms with Crippen molar-refractivity contribution in [1.82, 2.24) is 20.3 Å². The molecule has 1 fully saturated rings. The van der Waals surface area contributed by atoms with E-state index in [1.807, 2.05) is 18.2 Å². The summed E-state index contributed by atoms with van der Waals surface area (Å²) in [5.41, 5.74) is 6.39. The van der Waals surface area contributed by atoms with Crippen LogP contribution in [0.15, 0.2) is 36.8 Å². The minimum atomic E-state index is -0.120. The quantitative estimate of drug-likeness (QED) is 0.755. The number of nitrogens with one attached hydrogen (secondary N) is 1. The van der Waals surface area contributed by atoms with Gasteiger partial charge in [-0.25, -0.2) is 15.0 Å². The molecule has 0 spiro atoms. The Kier molecular flexibility index (Phi) is 4.42. The lowest BCUT2D eigenvalue weighted by Crippen LogP contribution is -2.40. The van der Waals surface area contributed by atoms with Gasteiger partial charge in [0.1, 0.15) is 4.83 Å². The molecule has 1 amide bonds. The van der Waals surface area contributed by atoms with Crippen LogP contribution in [-0.4, -0.2) is 32.9 Å². The molecule has 0 saturated heterocycles. The second-order valence-electron chi connectivity index (χ2n) is 6.39. The van der Waals surface area contributed by atoms with Crippen molar-refractivity contribution < 1.29 is 4.79 Å². The molecule has 3 heterocycles. The van der Waals surface area contributed by atoms with E-state index in [4.69, 9.17) is 5.73 Å². The zero-order chi connectivity index (χ0) is 17.2. The van der Waals surface area contributed by atoms with Crippen LogP contribution < -0.4 is 11.1 Å². The highest BCUT2D eigenvalue weighted by Gasteiger charge is 2.21. The molecule has 1 saturated carbocycles. The first-order chi connectivity index (χ1) is 12.2. The average Bonchev–Trinajstić information content (AvgIpc) is 3.08. The van der Waals surface area contributed by atoms with Crippen LogP contribution in [0.2, 0.25) is 0 Å². The zero-order valence-corrected chi connectivity index (χ0v) is 14.5. The van der Waals surface area contributed by atoms with Gasteiger partial charge in [0.2, 0.25) is 0 Å². The van der Waals surface area contributed by atoms with Crippen LogP contribution in [0.4, 0.5) is 0 Å². The van der Waals surface area contributed by atoms with Crippen LogP contribution in [0, 0.1) is 0 Å². The molecule has 0 unspecified atom stereocenters. The van der Waals surface area contributed by atoms with Crippen LogP contribution >= 0.6 is 11.3 Å². The first kappa shape index (κ1) is 16.1. The number of rotatable bonds is 3. The van der Waals surface area contributed by atoms with Crippen LogP contribution in [0.1, 0.15) is 36.0 Å². The van der Waals surface area contributed by atoms with Gasteiger partial charge in [0, 0.05) is 36.1 Å². The van der Waals surface area contributed by atoms with E-state index in [0.29, 0.717) is 11.4 Å². The molecular formula is C18H19N5OS. The minimum absolute atomic E-state index is 0.120. The van der Waals surface area contributed by atoms with Crippen LogP contribution in [0.25, 0.3) is 20.9 Å². The summed E-state index contributed by atoms with van der Waals surface area (Å²) >= 11 is 1.54. The lowest BCUT2D eigenvalue weighted by molar-refractivity contribution is 0.0925. The topological polar surface area (TPSA) is 93.8 Å². The summed E-state index contributed by atoms with van der Waals surface area (Å²) in [6.45, 7) is 0. The number of hydrogen-bond acceptors (Lipinski definition) is 6. The lowest BCUT2D eigenvalue weighted by atomic mass is 9.92. The molecule has 0 aromatic carbocycles. The molecule has 6 nitrogen and oxygen atoms in total. The van der Waals surface area contributed by atoms with Crippen molar-refractivity contribution >= 4 is 27.5 Å². The maximum Gasteiger partial charge on any atom is 0.254 e. The summed E-state index contributed by atoms with van der Waals surface area (Å²) in [5, 5.41) is 4.13. The predicted octanol–water partition coefficient (Wildman–Crippen LogP) is 2.75. The molecule has 1 aliphatic carbocycles. The van der Waals surface area contributed by atoms with Crippen LogP contribution in [0.5, 0.6) is 0 Å². The summed E-state index contributed by atoms with van der Waals surface area (Å²) in [6, 6.07) is 6.41. The summed E-state index contributed by atoms with van der Waals surface area (Å²) in [5.74, 6) is 0.494. The van der Waals surface area contributed by atoms with Gasteiger partial charge in [-0.05, 0) is 37.8 Å². The van der Waals surface area contributed by atoms with Gasteiger partial charge in [-0.1, -0.05) is 6.07 Å². The van der Waals surface area contributed by atoms with Crippen molar-refractivity contribution in [2.24, 2.45) is 5.73 Å². The van der Waals surface area contributed by atoms with Gasteiger partial charge in [-0.2, -0.15) is 0 Å². The van der Waals surface area contributed by atoms with Crippen molar-refractivity contribution in [2.45, 2.75) is 37.8 Å². The monoisotopic (exact) mass is 353 g/mol. The molecule has 0 atom stereocenters. The number of fused-ring (bicyclic) bond motifs is 1. The summed E-state index contributed by atoms with van der Waals surface area (Å²) < 4.78 is 0. The largest absolute Gasteiger partial charge is 0.349 e. The van der Waals surface area contributed by atoms with Gasteiger partial charge in [0.05, 0.1) is 10.4 Å². The maximum atomic E-state index is 12.4. The zero-order valence-electron chi connectivity index (χ0n) is 13.7. The Morgan fingerprint density at radius 3 is 2.64 bits per heavy atom. The highest BCUT2D eigenvalue weighted by molar-refractivity contribution is 7.21. The number of amides is 1. The number of nitrogens with two attached hydrogens (primary N) is 1. The molecular weight excluding hydrogens is 334 g/mol. The third kappa shape index (κ3) is 3.52. The first-order valence-corrected chi connectivity index (χ1v) is 9.24. The number of carbonyl (C=O) groups excluding carboxylic acids is 1. The Balaban J connectivity index is 1.46. The highest BCUT2D eigenvalue weighted by atomic mass is 32.1. The fraction of sp³-hybridized carbons (Fsp3) is 0.333. The number of thiophene rings is 1. The molecule has 0 bridgehead atoms. The van der Waals surface area contributed by atoms with E-state index in [0.717, 1.165) is 40.8 Å². The summed E-state index contributed by atoms with van der Waals surface area (Å²) in [7, 11) is 0. The Bertz CT molecular complexity index is 851. The van der Waals surface area contributed by atoms with E-state index in [1.165, 1.54) is 0 Å². The van der Waals surface area contributed by atoms with Gasteiger partial charge in [0.25, 0.3) is 5.91 Å². The predicted molar refractivity (Wildman–Crippen MR) is 98.3 cm³/mol. The van der Waals surface area contributed by atoms with Gasteiger partial charge in [-0.15, -0.1) is 11.3 Å². The third-order valence-electron chi connectivity index (χ3n) is 4.54. The Morgan fingerprint density at radius 1 is 1.16 bits per heavy atom. The smallest absolute Gasteiger partial charge is 0.254 e. The Morgan fingerprint density at radius 2 is 1.92 bits per heavy atom. The summed E-state index contributed by atoms with van der Waals surface area (Å²) in [6.07, 6.45) is 8.73. The number of hydrogen-bond donors (Lipinski definition) is 2. The molecule has 3 aromatic rings. The number of aromatic nitrogens is 3. The second-order valence-corrected chi connectivity index (χ2v) is 7.42. The maximum absolute atomic E-state index is 12.4. The van der Waals surface area contributed by atoms with Gasteiger partial charge < -0.3 is 11.1 Å². The first-order valence-electron chi connectivity index (χ1n) is 8.42. The van der Waals surface area contributed by atoms with E-state index in [9.17, 15) is 4.79 Å². The second kappa shape index (κ2) is 6.85. The molecule has 4 rings (SSSR count). The summed E-state index contributed by atoms with van der Waals surface area (Å²) in [4.78, 5) is 27.3. The molecule has 0 aliphatic heterocycles.